The van der Waals surface area contributed by atoms with E-state index in [1.54, 1.807) is 19.2 Å². The third-order valence-electron chi connectivity index (χ3n) is 3.04. The number of benzene rings is 1. The van der Waals surface area contributed by atoms with Crippen LogP contribution in [-0.2, 0) is 6.42 Å². The van der Waals surface area contributed by atoms with Gasteiger partial charge in [-0.25, -0.2) is 4.79 Å². The number of carbonyl (C=O) groups excluding carboxylic acids is 1. The summed E-state index contributed by atoms with van der Waals surface area (Å²) in [6, 6.07) is 6.16. The molecule has 0 saturated heterocycles. The third-order valence-corrected chi connectivity index (χ3v) is 3.80. The minimum Gasteiger partial charge on any atom is -0.478 e. The molecule has 1 aromatic carbocycles. The smallest absolute Gasteiger partial charge is 0.335 e. The van der Waals surface area contributed by atoms with E-state index in [0.717, 1.165) is 18.0 Å². The van der Waals surface area contributed by atoms with Gasteiger partial charge < -0.3 is 10.0 Å². The lowest BCUT2D eigenvalue weighted by molar-refractivity contribution is 0.0696. The maximum Gasteiger partial charge on any atom is 0.335 e. The van der Waals surface area contributed by atoms with E-state index >= 15 is 0 Å². The highest BCUT2D eigenvalue weighted by Crippen LogP contribution is 2.20. The number of rotatable bonds is 5. The molecule has 0 aliphatic heterocycles. The Morgan fingerprint density at radius 1 is 1.29 bits per heavy atom. The molecule has 0 spiro atoms. The molecule has 1 amide bonds. The highest BCUT2D eigenvalue weighted by molar-refractivity contribution is 7.08. The number of hydrogen-bond acceptors (Lipinski definition) is 5. The average molecular weight is 305 g/mol. The van der Waals surface area contributed by atoms with E-state index < -0.39 is 5.97 Å². The van der Waals surface area contributed by atoms with Crippen LogP contribution in [0.4, 0.5) is 5.69 Å². The standard InChI is InChI=1S/C14H15N3O3S/c1-3-4-11-12(21-16-15-11)13(18)17(2)10-7-5-9(6-8-10)14(19)20/h5-8H,3-4H2,1-2H3,(H,19,20). The van der Waals surface area contributed by atoms with Crippen molar-refractivity contribution in [2.75, 3.05) is 11.9 Å². The lowest BCUT2D eigenvalue weighted by Gasteiger charge is -2.16. The average Bonchev–Trinajstić information content (AvgIpc) is 2.94. The number of anilines is 1. The molecule has 6 nitrogen and oxygen atoms in total. The van der Waals surface area contributed by atoms with Crippen LogP contribution in [0.1, 0.15) is 39.1 Å². The Kier molecular flexibility index (Phi) is 4.64. The van der Waals surface area contributed by atoms with E-state index in [1.165, 1.54) is 17.0 Å². The van der Waals surface area contributed by atoms with Crippen molar-refractivity contribution in [1.29, 1.82) is 0 Å². The van der Waals surface area contributed by atoms with Crippen LogP contribution < -0.4 is 4.90 Å². The fourth-order valence-electron chi connectivity index (χ4n) is 1.87. The monoisotopic (exact) mass is 305 g/mol. The molecule has 0 aliphatic carbocycles. The first-order valence-corrected chi connectivity index (χ1v) is 7.24. The highest BCUT2D eigenvalue weighted by Gasteiger charge is 2.20. The van der Waals surface area contributed by atoms with Gasteiger partial charge in [0, 0.05) is 12.7 Å². The van der Waals surface area contributed by atoms with Crippen molar-refractivity contribution in [3.8, 4) is 0 Å². The molecule has 21 heavy (non-hydrogen) atoms. The molecule has 110 valence electrons. The fourth-order valence-corrected chi connectivity index (χ4v) is 2.55. The summed E-state index contributed by atoms with van der Waals surface area (Å²) < 4.78 is 3.84. The van der Waals surface area contributed by atoms with Crippen LogP contribution in [0.5, 0.6) is 0 Å². The van der Waals surface area contributed by atoms with Gasteiger partial charge in [-0.3, -0.25) is 4.79 Å². The number of nitrogens with zero attached hydrogens (tertiary/aromatic N) is 3. The van der Waals surface area contributed by atoms with E-state index in [9.17, 15) is 9.59 Å². The second-order valence-corrected chi connectivity index (χ2v) is 5.27. The van der Waals surface area contributed by atoms with E-state index in [-0.39, 0.29) is 11.5 Å². The molecular weight excluding hydrogens is 290 g/mol. The fraction of sp³-hybridized carbons (Fsp3) is 0.286. The van der Waals surface area contributed by atoms with E-state index in [0.29, 0.717) is 22.7 Å². The van der Waals surface area contributed by atoms with Crippen LogP contribution in [0.15, 0.2) is 24.3 Å². The minimum atomic E-state index is -0.993. The molecule has 2 aromatic rings. The lowest BCUT2D eigenvalue weighted by atomic mass is 10.2. The quantitative estimate of drug-likeness (QED) is 0.917. The summed E-state index contributed by atoms with van der Waals surface area (Å²) in [5, 5.41) is 12.9. The number of aromatic carboxylic acids is 1. The highest BCUT2D eigenvalue weighted by atomic mass is 32.1. The number of amides is 1. The van der Waals surface area contributed by atoms with Gasteiger partial charge in [-0.2, -0.15) is 0 Å². The maximum atomic E-state index is 12.5. The normalized spacial score (nSPS) is 10.4. The Balaban J connectivity index is 2.22. The summed E-state index contributed by atoms with van der Waals surface area (Å²) >= 11 is 1.08. The first kappa shape index (κ1) is 15.1. The predicted molar refractivity (Wildman–Crippen MR) is 80.0 cm³/mol. The van der Waals surface area contributed by atoms with Gasteiger partial charge in [-0.1, -0.05) is 17.8 Å². The molecule has 1 N–H and O–H groups in total. The molecule has 0 fully saturated rings. The Morgan fingerprint density at radius 3 is 2.52 bits per heavy atom. The number of carboxylic acid groups (broad SMARTS) is 1. The zero-order valence-corrected chi connectivity index (χ0v) is 12.6. The zero-order valence-electron chi connectivity index (χ0n) is 11.7. The van der Waals surface area contributed by atoms with Crippen molar-refractivity contribution in [2.45, 2.75) is 19.8 Å². The van der Waals surface area contributed by atoms with E-state index in [1.807, 2.05) is 6.92 Å². The van der Waals surface area contributed by atoms with E-state index in [2.05, 4.69) is 9.59 Å². The third kappa shape index (κ3) is 3.25. The summed E-state index contributed by atoms with van der Waals surface area (Å²) in [7, 11) is 1.65. The molecule has 0 bridgehead atoms. The van der Waals surface area contributed by atoms with Crippen molar-refractivity contribution < 1.29 is 14.7 Å². The molecule has 2 rings (SSSR count). The van der Waals surface area contributed by atoms with Crippen LogP contribution in [0.25, 0.3) is 0 Å². The zero-order chi connectivity index (χ0) is 15.4. The number of aryl methyl sites for hydroxylation is 1. The Labute approximate surface area is 126 Å². The van der Waals surface area contributed by atoms with Crippen LogP contribution in [-0.4, -0.2) is 33.6 Å². The van der Waals surface area contributed by atoms with Crippen molar-refractivity contribution in [3.05, 3.63) is 40.4 Å². The molecule has 0 saturated carbocycles. The first-order valence-electron chi connectivity index (χ1n) is 6.47. The second kappa shape index (κ2) is 6.45. The van der Waals surface area contributed by atoms with Gasteiger partial charge in [0.2, 0.25) is 0 Å². The van der Waals surface area contributed by atoms with Gasteiger partial charge in [-0.15, -0.1) is 5.10 Å². The molecule has 0 radical (unpaired) electrons. The summed E-state index contributed by atoms with van der Waals surface area (Å²) in [5.74, 6) is -1.18. The van der Waals surface area contributed by atoms with Crippen molar-refractivity contribution >= 4 is 29.1 Å². The van der Waals surface area contributed by atoms with Gasteiger partial charge in [-0.05, 0) is 42.2 Å². The molecule has 1 aromatic heterocycles. The van der Waals surface area contributed by atoms with Crippen LogP contribution in [0.2, 0.25) is 0 Å². The predicted octanol–water partition coefficient (Wildman–Crippen LogP) is 2.47. The van der Waals surface area contributed by atoms with Gasteiger partial charge in [0.15, 0.2) is 0 Å². The first-order chi connectivity index (χ1) is 10.0. The van der Waals surface area contributed by atoms with Crippen LogP contribution >= 0.6 is 11.5 Å². The van der Waals surface area contributed by atoms with Crippen molar-refractivity contribution in [1.82, 2.24) is 9.59 Å². The summed E-state index contributed by atoms with van der Waals surface area (Å²) in [6.45, 7) is 2.02. The molecule has 0 atom stereocenters. The van der Waals surface area contributed by atoms with Gasteiger partial charge in [0.25, 0.3) is 5.91 Å². The van der Waals surface area contributed by atoms with Crippen molar-refractivity contribution in [2.24, 2.45) is 0 Å². The van der Waals surface area contributed by atoms with Crippen LogP contribution in [0, 0.1) is 0 Å². The molecule has 1 heterocycles. The Bertz CT molecular complexity index is 652. The molecular formula is C14H15N3O3S. The summed E-state index contributed by atoms with van der Waals surface area (Å²) in [4.78, 5) is 25.3. The lowest BCUT2D eigenvalue weighted by Crippen LogP contribution is -2.26. The molecule has 7 heteroatoms. The Morgan fingerprint density at radius 2 is 1.95 bits per heavy atom. The number of aromatic nitrogens is 2. The van der Waals surface area contributed by atoms with Crippen LogP contribution in [0.3, 0.4) is 0 Å². The number of carboxylic acids is 1. The van der Waals surface area contributed by atoms with Gasteiger partial charge in [0.05, 0.1) is 11.3 Å². The number of hydrogen-bond donors (Lipinski definition) is 1. The van der Waals surface area contributed by atoms with Gasteiger partial charge >= 0.3 is 5.97 Å². The molecule has 0 aliphatic rings. The maximum absolute atomic E-state index is 12.5. The SMILES string of the molecule is CCCc1nnsc1C(=O)N(C)c1ccc(C(=O)O)cc1. The van der Waals surface area contributed by atoms with E-state index in [4.69, 9.17) is 5.11 Å². The second-order valence-electron chi connectivity index (χ2n) is 4.51. The minimum absolute atomic E-state index is 0.184. The largest absolute Gasteiger partial charge is 0.478 e. The molecule has 0 unspecified atom stereocenters. The van der Waals surface area contributed by atoms with Crippen molar-refractivity contribution in [3.63, 3.8) is 0 Å². The van der Waals surface area contributed by atoms with Gasteiger partial charge in [0.1, 0.15) is 4.88 Å². The Hall–Kier alpha value is -2.28. The topological polar surface area (TPSA) is 83.4 Å². The summed E-state index contributed by atoms with van der Waals surface area (Å²) in [6.07, 6.45) is 1.60. The number of carbonyl (C=O) groups is 2. The summed E-state index contributed by atoms with van der Waals surface area (Å²) in [5.41, 5.74) is 1.52.